The predicted octanol–water partition coefficient (Wildman–Crippen LogP) is 6.57. The Kier molecular flexibility index (Phi) is 8.98. The number of alkyl halides is 6. The first-order valence-electron chi connectivity index (χ1n) is 14.0. The third-order valence-electron chi connectivity index (χ3n) is 8.29. The highest BCUT2D eigenvalue weighted by molar-refractivity contribution is 8.00. The largest absolute Gasteiger partial charge is 0.446 e. The van der Waals surface area contributed by atoms with E-state index in [9.17, 15) is 31.1 Å². The molecular weight excluding hydrogens is 566 g/mol. The van der Waals surface area contributed by atoms with Crippen LogP contribution in [0.25, 0.3) is 0 Å². The minimum absolute atomic E-state index is 0.128. The fourth-order valence-electron chi connectivity index (χ4n) is 6.22. The molecule has 224 valence electrons. The van der Waals surface area contributed by atoms with E-state index in [1.165, 1.54) is 12.1 Å². The Morgan fingerprint density at radius 3 is 2.02 bits per heavy atom. The zero-order valence-electron chi connectivity index (χ0n) is 22.6. The molecule has 0 saturated carbocycles. The zero-order valence-corrected chi connectivity index (χ0v) is 23.4. The van der Waals surface area contributed by atoms with Gasteiger partial charge >= 0.3 is 11.7 Å². The van der Waals surface area contributed by atoms with Crippen LogP contribution >= 0.6 is 11.8 Å². The van der Waals surface area contributed by atoms with Crippen molar-refractivity contribution in [1.82, 2.24) is 9.80 Å². The minimum atomic E-state index is -4.32. The number of nitrogens with one attached hydrogen (secondary N) is 1. The minimum Gasteiger partial charge on any atom is -0.382 e. The van der Waals surface area contributed by atoms with E-state index in [0.29, 0.717) is 31.3 Å². The lowest BCUT2D eigenvalue weighted by molar-refractivity contribution is -0.137. The van der Waals surface area contributed by atoms with E-state index in [1.807, 2.05) is 4.90 Å². The average Bonchev–Trinajstić information content (AvgIpc) is 3.48. The fourth-order valence-corrected chi connectivity index (χ4v) is 6.76. The zero-order chi connectivity index (χ0) is 29.2. The molecule has 0 bridgehead atoms. The normalized spacial score (nSPS) is 22.3. The molecule has 41 heavy (non-hydrogen) atoms. The Labute approximate surface area is 240 Å². The lowest BCUT2D eigenvalue weighted by Gasteiger charge is -2.33. The number of likely N-dealkylation sites (tertiary alicyclic amines) is 2. The van der Waals surface area contributed by atoms with Gasteiger partial charge in [0.2, 0.25) is 5.91 Å². The second kappa shape index (κ2) is 12.3. The van der Waals surface area contributed by atoms with Crippen molar-refractivity contribution in [2.45, 2.75) is 48.3 Å². The van der Waals surface area contributed by atoms with Crippen molar-refractivity contribution in [3.05, 3.63) is 54.1 Å². The highest BCUT2D eigenvalue weighted by Gasteiger charge is 2.40. The fraction of sp³-hybridized carbons (Fsp3) is 0.552. The van der Waals surface area contributed by atoms with Gasteiger partial charge in [-0.15, -0.1) is 0 Å². The first kappa shape index (κ1) is 29.9. The number of nitrogens with zero attached hydrogens (tertiary/aromatic N) is 3. The molecule has 3 heterocycles. The summed E-state index contributed by atoms with van der Waals surface area (Å²) in [4.78, 5) is 19.4. The van der Waals surface area contributed by atoms with Gasteiger partial charge in [-0.2, -0.15) is 26.3 Å². The summed E-state index contributed by atoms with van der Waals surface area (Å²) in [5.41, 5.74) is -3.32. The van der Waals surface area contributed by atoms with Gasteiger partial charge in [0.1, 0.15) is 0 Å². The predicted molar refractivity (Wildman–Crippen MR) is 148 cm³/mol. The molecular formula is C29H34F6N4OS. The van der Waals surface area contributed by atoms with Gasteiger partial charge in [0, 0.05) is 68.0 Å². The molecule has 5 nitrogen and oxygen atoms in total. The van der Waals surface area contributed by atoms with Gasteiger partial charge in [0.05, 0.1) is 5.56 Å². The first-order chi connectivity index (χ1) is 19.4. The van der Waals surface area contributed by atoms with Crippen LogP contribution in [0.1, 0.15) is 31.2 Å². The molecule has 0 radical (unpaired) electrons. The van der Waals surface area contributed by atoms with Crippen LogP contribution in [0, 0.1) is 11.8 Å². The molecule has 12 heteroatoms. The number of thioether (sulfide) groups is 1. The van der Waals surface area contributed by atoms with Crippen LogP contribution in [0.15, 0.2) is 53.4 Å². The molecule has 2 atom stereocenters. The summed E-state index contributed by atoms with van der Waals surface area (Å²) in [5, 5.41) is 3.37. The maximum atomic E-state index is 12.8. The van der Waals surface area contributed by atoms with Gasteiger partial charge in [-0.25, -0.2) is 0 Å². The van der Waals surface area contributed by atoms with Gasteiger partial charge in [0.25, 0.3) is 0 Å². The van der Waals surface area contributed by atoms with Crippen molar-refractivity contribution in [1.29, 1.82) is 0 Å². The molecule has 0 aliphatic carbocycles. The number of hydrogen-bond acceptors (Lipinski definition) is 5. The number of carbonyl (C=O) groups is 1. The monoisotopic (exact) mass is 600 g/mol. The Balaban J connectivity index is 0.975. The molecule has 3 aliphatic heterocycles. The van der Waals surface area contributed by atoms with E-state index in [-0.39, 0.29) is 28.6 Å². The van der Waals surface area contributed by atoms with Crippen molar-refractivity contribution in [2.24, 2.45) is 11.8 Å². The second-order valence-electron chi connectivity index (χ2n) is 11.2. The number of fused-ring (bicyclic) bond motifs is 1. The SMILES string of the molecule is O=C(CCCN1CC2CN(c3ccc(C(F)(F)F)cc3)C[C@@H]2C1)N1CCC(Nc2ccc(SC(F)(F)F)cc2)CC1. The summed E-state index contributed by atoms with van der Waals surface area (Å²) < 4.78 is 76.1. The van der Waals surface area contributed by atoms with Crippen molar-refractivity contribution >= 4 is 29.0 Å². The number of piperidine rings is 1. The summed E-state index contributed by atoms with van der Waals surface area (Å²) in [6.45, 7) is 5.75. The lowest BCUT2D eigenvalue weighted by atomic mass is 10.0. The maximum absolute atomic E-state index is 12.8. The van der Waals surface area contributed by atoms with Crippen LogP contribution in [0.4, 0.5) is 37.7 Å². The smallest absolute Gasteiger partial charge is 0.382 e. The van der Waals surface area contributed by atoms with E-state index < -0.39 is 17.2 Å². The summed E-state index contributed by atoms with van der Waals surface area (Å²) in [5.74, 6) is 1.13. The lowest BCUT2D eigenvalue weighted by Crippen LogP contribution is -2.42. The topological polar surface area (TPSA) is 38.8 Å². The van der Waals surface area contributed by atoms with E-state index in [0.717, 1.165) is 75.5 Å². The molecule has 1 N–H and O–H groups in total. The Morgan fingerprint density at radius 2 is 1.46 bits per heavy atom. The molecule has 1 unspecified atom stereocenters. The van der Waals surface area contributed by atoms with Crippen LogP contribution < -0.4 is 10.2 Å². The van der Waals surface area contributed by atoms with Crippen molar-refractivity contribution in [3.8, 4) is 0 Å². The third-order valence-corrected chi connectivity index (χ3v) is 9.03. The molecule has 2 aromatic carbocycles. The highest BCUT2D eigenvalue weighted by Crippen LogP contribution is 2.38. The van der Waals surface area contributed by atoms with Crippen molar-refractivity contribution in [3.63, 3.8) is 0 Å². The molecule has 5 rings (SSSR count). The van der Waals surface area contributed by atoms with E-state index in [4.69, 9.17) is 0 Å². The van der Waals surface area contributed by atoms with Gasteiger partial charge in [-0.05, 0) is 97.9 Å². The van der Waals surface area contributed by atoms with E-state index >= 15 is 0 Å². The average molecular weight is 601 g/mol. The van der Waals surface area contributed by atoms with Gasteiger partial charge in [-0.3, -0.25) is 4.79 Å². The number of anilines is 2. The van der Waals surface area contributed by atoms with E-state index in [2.05, 4.69) is 15.1 Å². The number of amides is 1. The maximum Gasteiger partial charge on any atom is 0.446 e. The molecule has 3 aliphatic rings. The number of hydrogen-bond donors (Lipinski definition) is 1. The van der Waals surface area contributed by atoms with Gasteiger partial charge in [-0.1, -0.05) is 0 Å². The number of benzene rings is 2. The highest BCUT2D eigenvalue weighted by atomic mass is 32.2. The Hall–Kier alpha value is -2.60. The quantitative estimate of drug-likeness (QED) is 0.274. The number of halogens is 6. The van der Waals surface area contributed by atoms with Crippen molar-refractivity contribution < 1.29 is 31.1 Å². The van der Waals surface area contributed by atoms with Crippen LogP contribution in [-0.2, 0) is 11.0 Å². The third kappa shape index (κ3) is 8.03. The molecule has 0 spiro atoms. The summed E-state index contributed by atoms with van der Waals surface area (Å²) in [7, 11) is 0. The van der Waals surface area contributed by atoms with Crippen molar-refractivity contribution in [2.75, 3.05) is 56.0 Å². The second-order valence-corrected chi connectivity index (χ2v) is 12.3. The van der Waals surface area contributed by atoms with Gasteiger partial charge in [0.15, 0.2) is 0 Å². The standard InChI is InChI=1S/C29H34F6N4OS/c30-28(31,32)22-3-7-25(8-4-22)39-18-20-16-37(17-21(20)19-39)13-1-2-27(40)38-14-11-24(12-15-38)36-23-5-9-26(10-6-23)41-29(33,34)35/h3-10,20-21,24,36H,1-2,11-19H2/t20-,21?/m0/s1. The first-order valence-corrected chi connectivity index (χ1v) is 14.8. The molecule has 1 amide bonds. The Bertz CT molecular complexity index is 1150. The van der Waals surface area contributed by atoms with E-state index in [1.54, 1.807) is 24.3 Å². The van der Waals surface area contributed by atoms with Gasteiger partial charge < -0.3 is 20.0 Å². The molecule has 3 fully saturated rings. The Morgan fingerprint density at radius 1 is 0.854 bits per heavy atom. The van der Waals surface area contributed by atoms with Crippen LogP contribution in [0.5, 0.6) is 0 Å². The molecule has 3 saturated heterocycles. The summed E-state index contributed by atoms with van der Waals surface area (Å²) in [6.07, 6.45) is -1.46. The number of carbonyl (C=O) groups excluding carboxylic acids is 1. The molecule has 2 aromatic rings. The van der Waals surface area contributed by atoms with Crippen LogP contribution in [0.3, 0.4) is 0 Å². The number of rotatable bonds is 8. The van der Waals surface area contributed by atoms with Crippen LogP contribution in [0.2, 0.25) is 0 Å². The molecule has 0 aromatic heterocycles. The van der Waals surface area contributed by atoms with Crippen LogP contribution in [-0.4, -0.2) is 73.1 Å². The summed E-state index contributed by atoms with van der Waals surface area (Å²) >= 11 is -0.128. The summed E-state index contributed by atoms with van der Waals surface area (Å²) in [6, 6.07) is 11.8.